The first kappa shape index (κ1) is 12.4. The highest BCUT2D eigenvalue weighted by molar-refractivity contribution is 5.03. The van der Waals surface area contributed by atoms with E-state index in [0.29, 0.717) is 11.3 Å². The Morgan fingerprint density at radius 2 is 1.81 bits per heavy atom. The highest BCUT2D eigenvalue weighted by Crippen LogP contribution is 2.59. The lowest BCUT2D eigenvalue weighted by atomic mass is 9.48. The minimum atomic E-state index is -0.292. The molecule has 0 bridgehead atoms. The molecule has 2 aliphatic carbocycles. The highest BCUT2D eigenvalue weighted by atomic mass is 16.3. The fourth-order valence-electron chi connectivity index (χ4n) is 4.64. The van der Waals surface area contributed by atoms with Gasteiger partial charge in [-0.05, 0) is 42.4 Å². The average Bonchev–Trinajstić information content (AvgIpc) is 2.15. The fourth-order valence-corrected chi connectivity index (χ4v) is 4.64. The molecule has 2 nitrogen and oxygen atoms in total. The number of aliphatic hydroxyl groups is 2. The van der Waals surface area contributed by atoms with E-state index in [4.69, 9.17) is 0 Å². The quantitative estimate of drug-likeness (QED) is 0.721. The molecule has 0 unspecified atom stereocenters. The summed E-state index contributed by atoms with van der Waals surface area (Å²) in [5.74, 6) is 0.750. The molecule has 2 rings (SSSR count). The number of hydrogen-bond donors (Lipinski definition) is 2. The molecule has 2 N–H and O–H groups in total. The second-order valence-corrected chi connectivity index (χ2v) is 6.83. The van der Waals surface area contributed by atoms with E-state index in [1.54, 1.807) is 0 Å². The minimum Gasteiger partial charge on any atom is -0.396 e. The van der Waals surface area contributed by atoms with E-state index in [2.05, 4.69) is 20.8 Å². The Hall–Kier alpha value is -0.0800. The molecule has 0 spiro atoms. The van der Waals surface area contributed by atoms with Crippen LogP contribution in [0.5, 0.6) is 0 Å². The van der Waals surface area contributed by atoms with Crippen molar-refractivity contribution in [3.8, 4) is 0 Å². The van der Waals surface area contributed by atoms with Crippen molar-refractivity contribution in [2.75, 3.05) is 6.61 Å². The summed E-state index contributed by atoms with van der Waals surface area (Å²) in [7, 11) is 0. The maximum absolute atomic E-state index is 10.1. The van der Waals surface area contributed by atoms with Gasteiger partial charge >= 0.3 is 0 Å². The van der Waals surface area contributed by atoms with Crippen LogP contribution in [-0.4, -0.2) is 22.9 Å². The van der Waals surface area contributed by atoms with Crippen molar-refractivity contribution in [1.82, 2.24) is 0 Å². The SMILES string of the molecule is CC1(C)CCC[C@@]2(C)[C@@H](CO)[C@@H](O)CC[C@@H]12. The maximum atomic E-state index is 10.1. The van der Waals surface area contributed by atoms with Gasteiger partial charge < -0.3 is 10.2 Å². The van der Waals surface area contributed by atoms with Crippen molar-refractivity contribution >= 4 is 0 Å². The van der Waals surface area contributed by atoms with Gasteiger partial charge in [-0.15, -0.1) is 0 Å². The number of aliphatic hydroxyl groups excluding tert-OH is 2. The van der Waals surface area contributed by atoms with Gasteiger partial charge in [-0.2, -0.15) is 0 Å². The zero-order chi connectivity index (χ0) is 12.0. The first-order valence-electron chi connectivity index (χ1n) is 6.71. The normalized spacial score (nSPS) is 47.4. The van der Waals surface area contributed by atoms with Gasteiger partial charge in [0.2, 0.25) is 0 Å². The van der Waals surface area contributed by atoms with Crippen LogP contribution in [0.25, 0.3) is 0 Å². The zero-order valence-corrected chi connectivity index (χ0v) is 10.9. The second-order valence-electron chi connectivity index (χ2n) is 6.83. The Morgan fingerprint density at radius 1 is 1.12 bits per heavy atom. The maximum Gasteiger partial charge on any atom is 0.0595 e. The highest BCUT2D eigenvalue weighted by Gasteiger charge is 2.54. The molecule has 0 saturated heterocycles. The summed E-state index contributed by atoms with van der Waals surface area (Å²) in [6.45, 7) is 7.16. The summed E-state index contributed by atoms with van der Waals surface area (Å²) in [4.78, 5) is 0. The van der Waals surface area contributed by atoms with Gasteiger partial charge in [-0.3, -0.25) is 0 Å². The molecule has 2 saturated carbocycles. The number of hydrogen-bond acceptors (Lipinski definition) is 2. The third-order valence-corrected chi connectivity index (χ3v) is 5.54. The lowest BCUT2D eigenvalue weighted by Crippen LogP contribution is -2.54. The molecular weight excluding hydrogens is 200 g/mol. The van der Waals surface area contributed by atoms with Crippen LogP contribution in [0.2, 0.25) is 0 Å². The van der Waals surface area contributed by atoms with Gasteiger partial charge in [0.05, 0.1) is 6.10 Å². The van der Waals surface area contributed by atoms with Gasteiger partial charge in [0.1, 0.15) is 0 Å². The van der Waals surface area contributed by atoms with Crippen LogP contribution in [0.15, 0.2) is 0 Å². The molecule has 94 valence electrons. The van der Waals surface area contributed by atoms with Crippen molar-refractivity contribution < 1.29 is 10.2 Å². The smallest absolute Gasteiger partial charge is 0.0595 e. The summed E-state index contributed by atoms with van der Waals surface area (Å²) < 4.78 is 0. The monoisotopic (exact) mass is 226 g/mol. The van der Waals surface area contributed by atoms with Crippen molar-refractivity contribution in [2.45, 2.75) is 59.0 Å². The van der Waals surface area contributed by atoms with Gasteiger partial charge in [0.15, 0.2) is 0 Å². The van der Waals surface area contributed by atoms with Crippen molar-refractivity contribution in [3.63, 3.8) is 0 Å². The Bertz CT molecular complexity index is 261. The Labute approximate surface area is 99.1 Å². The molecule has 2 aliphatic rings. The van der Waals surface area contributed by atoms with Crippen LogP contribution >= 0.6 is 0 Å². The molecule has 0 radical (unpaired) electrons. The molecule has 0 amide bonds. The summed E-state index contributed by atoms with van der Waals surface area (Å²) in [6, 6.07) is 0. The van der Waals surface area contributed by atoms with E-state index in [1.165, 1.54) is 19.3 Å². The number of fused-ring (bicyclic) bond motifs is 1. The topological polar surface area (TPSA) is 40.5 Å². The largest absolute Gasteiger partial charge is 0.396 e. The standard InChI is InChI=1S/C14H26O2/c1-13(2)7-4-8-14(3)10(9-15)11(16)5-6-12(13)14/h10-12,15-16H,4-9H2,1-3H3/t10-,11-,12-,14-/m0/s1. The lowest BCUT2D eigenvalue weighted by molar-refractivity contribution is -0.136. The van der Waals surface area contributed by atoms with Crippen molar-refractivity contribution in [2.24, 2.45) is 22.7 Å². The van der Waals surface area contributed by atoms with Crippen LogP contribution in [0, 0.1) is 22.7 Å². The van der Waals surface area contributed by atoms with E-state index >= 15 is 0 Å². The Balaban J connectivity index is 2.31. The Kier molecular flexibility index (Phi) is 3.09. The lowest BCUT2D eigenvalue weighted by Gasteiger charge is -2.58. The molecule has 16 heavy (non-hydrogen) atoms. The van der Waals surface area contributed by atoms with Crippen LogP contribution in [0.3, 0.4) is 0 Å². The van der Waals surface area contributed by atoms with Crippen LogP contribution < -0.4 is 0 Å². The zero-order valence-electron chi connectivity index (χ0n) is 10.9. The number of rotatable bonds is 1. The molecule has 0 heterocycles. The van der Waals surface area contributed by atoms with Gasteiger partial charge in [0.25, 0.3) is 0 Å². The predicted octanol–water partition coefficient (Wildman–Crippen LogP) is 2.58. The second kappa shape index (κ2) is 3.99. The predicted molar refractivity (Wildman–Crippen MR) is 65.0 cm³/mol. The van der Waals surface area contributed by atoms with E-state index in [9.17, 15) is 10.2 Å². The molecular formula is C14H26O2. The van der Waals surface area contributed by atoms with E-state index in [0.717, 1.165) is 12.8 Å². The molecule has 2 fully saturated rings. The van der Waals surface area contributed by atoms with Gasteiger partial charge in [0, 0.05) is 12.5 Å². The Morgan fingerprint density at radius 3 is 2.44 bits per heavy atom. The van der Waals surface area contributed by atoms with E-state index in [1.807, 2.05) is 0 Å². The van der Waals surface area contributed by atoms with Gasteiger partial charge in [-0.25, -0.2) is 0 Å². The summed E-state index contributed by atoms with van der Waals surface area (Å²) in [5, 5.41) is 19.7. The van der Waals surface area contributed by atoms with Gasteiger partial charge in [-0.1, -0.05) is 27.2 Å². The third-order valence-electron chi connectivity index (χ3n) is 5.54. The first-order chi connectivity index (χ1) is 7.42. The van der Waals surface area contributed by atoms with E-state index in [-0.39, 0.29) is 24.0 Å². The molecule has 0 aromatic rings. The summed E-state index contributed by atoms with van der Waals surface area (Å²) in [5.41, 5.74) is 0.523. The molecule has 4 atom stereocenters. The van der Waals surface area contributed by atoms with Crippen LogP contribution in [-0.2, 0) is 0 Å². The molecule has 0 aromatic heterocycles. The summed E-state index contributed by atoms with van der Waals surface area (Å²) in [6.07, 6.45) is 5.41. The minimum absolute atomic E-state index is 0.0887. The summed E-state index contributed by atoms with van der Waals surface area (Å²) >= 11 is 0. The van der Waals surface area contributed by atoms with Crippen LogP contribution in [0.1, 0.15) is 52.9 Å². The van der Waals surface area contributed by atoms with Crippen molar-refractivity contribution in [1.29, 1.82) is 0 Å². The van der Waals surface area contributed by atoms with Crippen molar-refractivity contribution in [3.05, 3.63) is 0 Å². The average molecular weight is 226 g/mol. The fraction of sp³-hybridized carbons (Fsp3) is 1.00. The van der Waals surface area contributed by atoms with Crippen LogP contribution in [0.4, 0.5) is 0 Å². The van der Waals surface area contributed by atoms with E-state index < -0.39 is 0 Å². The molecule has 2 heteroatoms. The first-order valence-corrected chi connectivity index (χ1v) is 6.71. The molecule has 0 aliphatic heterocycles. The third kappa shape index (κ3) is 1.70. The molecule has 0 aromatic carbocycles.